The van der Waals surface area contributed by atoms with Crippen molar-refractivity contribution < 1.29 is 23.1 Å². The van der Waals surface area contributed by atoms with Crippen LogP contribution in [-0.2, 0) is 6.18 Å². The molecule has 1 heterocycles. The van der Waals surface area contributed by atoms with Gasteiger partial charge in [-0.3, -0.25) is 0 Å². The highest BCUT2D eigenvalue weighted by Gasteiger charge is 2.39. The summed E-state index contributed by atoms with van der Waals surface area (Å²) in [5, 5.41) is 12.4. The normalized spacial score (nSPS) is 23.9. The quantitative estimate of drug-likeness (QED) is 0.722. The standard InChI is InChI=1S/C20H16F3NO2/c21-20(22,23)13-8-9-17-16(10-13)14-2-1-3-15(14)18(24-17)11-4-6-12(7-5-11)19(25)26/h1-2,4-10,14-15,18,24H,3H2,(H,25,26)/t14-,15+,18+/m1/s1. The van der Waals surface area contributed by atoms with Crippen LogP contribution in [0.3, 0.4) is 0 Å². The van der Waals surface area contributed by atoms with Crippen molar-refractivity contribution in [2.75, 3.05) is 5.32 Å². The fourth-order valence-electron chi connectivity index (χ4n) is 3.93. The number of carbonyl (C=O) groups is 1. The van der Waals surface area contributed by atoms with Crippen LogP contribution in [0.2, 0.25) is 0 Å². The molecule has 4 rings (SSSR count). The van der Waals surface area contributed by atoms with E-state index >= 15 is 0 Å². The number of rotatable bonds is 2. The molecule has 0 spiro atoms. The minimum atomic E-state index is -4.36. The topological polar surface area (TPSA) is 49.3 Å². The van der Waals surface area contributed by atoms with Crippen LogP contribution >= 0.6 is 0 Å². The first-order valence-electron chi connectivity index (χ1n) is 8.32. The maximum atomic E-state index is 13.1. The zero-order valence-electron chi connectivity index (χ0n) is 13.6. The van der Waals surface area contributed by atoms with Crippen LogP contribution in [0.1, 0.15) is 45.4 Å². The Morgan fingerprint density at radius 1 is 1.12 bits per heavy atom. The summed E-state index contributed by atoms with van der Waals surface area (Å²) in [6.45, 7) is 0. The van der Waals surface area contributed by atoms with Crippen LogP contribution in [0, 0.1) is 5.92 Å². The van der Waals surface area contributed by atoms with Crippen molar-refractivity contribution in [3.05, 3.63) is 76.9 Å². The van der Waals surface area contributed by atoms with Crippen molar-refractivity contribution in [2.24, 2.45) is 5.92 Å². The summed E-state index contributed by atoms with van der Waals surface area (Å²) in [5.74, 6) is -0.974. The summed E-state index contributed by atoms with van der Waals surface area (Å²) in [4.78, 5) is 11.0. The molecular weight excluding hydrogens is 343 g/mol. The van der Waals surface area contributed by atoms with Gasteiger partial charge in [0.25, 0.3) is 0 Å². The second-order valence-corrected chi connectivity index (χ2v) is 6.70. The van der Waals surface area contributed by atoms with E-state index in [0.717, 1.165) is 18.1 Å². The first-order chi connectivity index (χ1) is 12.3. The van der Waals surface area contributed by atoms with Crippen molar-refractivity contribution >= 4 is 11.7 Å². The number of carboxylic acids is 1. The maximum absolute atomic E-state index is 13.1. The number of hydrogen-bond acceptors (Lipinski definition) is 2. The molecule has 0 radical (unpaired) electrons. The molecular formula is C20H16F3NO2. The van der Waals surface area contributed by atoms with Crippen LogP contribution in [0.4, 0.5) is 18.9 Å². The number of hydrogen-bond donors (Lipinski definition) is 2. The van der Waals surface area contributed by atoms with E-state index in [1.54, 1.807) is 24.3 Å². The van der Waals surface area contributed by atoms with Gasteiger partial charge in [-0.25, -0.2) is 4.79 Å². The Morgan fingerprint density at radius 2 is 1.85 bits per heavy atom. The number of carboxylic acid groups (broad SMARTS) is 1. The van der Waals surface area contributed by atoms with E-state index in [9.17, 15) is 18.0 Å². The summed E-state index contributed by atoms with van der Waals surface area (Å²) in [7, 11) is 0. The summed E-state index contributed by atoms with van der Waals surface area (Å²) < 4.78 is 39.2. The average Bonchev–Trinajstić information content (AvgIpc) is 3.10. The third kappa shape index (κ3) is 2.75. The Balaban J connectivity index is 1.72. The van der Waals surface area contributed by atoms with Crippen LogP contribution < -0.4 is 5.32 Å². The minimum Gasteiger partial charge on any atom is -0.478 e. The number of allylic oxidation sites excluding steroid dienone is 2. The van der Waals surface area contributed by atoms with Gasteiger partial charge in [0, 0.05) is 11.6 Å². The second kappa shape index (κ2) is 5.90. The van der Waals surface area contributed by atoms with Gasteiger partial charge < -0.3 is 10.4 Å². The number of benzene rings is 2. The summed E-state index contributed by atoms with van der Waals surface area (Å²) >= 11 is 0. The first kappa shape index (κ1) is 16.7. The van der Waals surface area contributed by atoms with Gasteiger partial charge in [-0.1, -0.05) is 24.3 Å². The minimum absolute atomic E-state index is 0.0814. The zero-order valence-corrected chi connectivity index (χ0v) is 13.6. The number of alkyl halides is 3. The highest BCUT2D eigenvalue weighted by molar-refractivity contribution is 5.87. The van der Waals surface area contributed by atoms with Crippen molar-refractivity contribution in [1.29, 1.82) is 0 Å². The van der Waals surface area contributed by atoms with Crippen LogP contribution in [0.15, 0.2) is 54.6 Å². The second-order valence-electron chi connectivity index (χ2n) is 6.70. The number of halogens is 3. The van der Waals surface area contributed by atoms with Gasteiger partial charge in [-0.2, -0.15) is 13.2 Å². The zero-order chi connectivity index (χ0) is 18.5. The van der Waals surface area contributed by atoms with Crippen molar-refractivity contribution in [1.82, 2.24) is 0 Å². The molecule has 2 aliphatic rings. The third-order valence-electron chi connectivity index (χ3n) is 5.21. The fourth-order valence-corrected chi connectivity index (χ4v) is 3.93. The molecule has 3 atom stereocenters. The van der Waals surface area contributed by atoms with Crippen LogP contribution in [-0.4, -0.2) is 11.1 Å². The van der Waals surface area contributed by atoms with E-state index in [-0.39, 0.29) is 23.4 Å². The molecule has 2 N–H and O–H groups in total. The highest BCUT2D eigenvalue weighted by atomic mass is 19.4. The molecule has 3 nitrogen and oxygen atoms in total. The first-order valence-corrected chi connectivity index (χ1v) is 8.32. The predicted molar refractivity (Wildman–Crippen MR) is 91.2 cm³/mol. The molecule has 26 heavy (non-hydrogen) atoms. The number of nitrogens with one attached hydrogen (secondary N) is 1. The number of anilines is 1. The van der Waals surface area contributed by atoms with Gasteiger partial charge in [-0.05, 0) is 53.8 Å². The van der Waals surface area contributed by atoms with Gasteiger partial charge in [-0.15, -0.1) is 0 Å². The molecule has 0 unspecified atom stereocenters. The third-order valence-corrected chi connectivity index (χ3v) is 5.21. The largest absolute Gasteiger partial charge is 0.478 e. The summed E-state index contributed by atoms with van der Waals surface area (Å²) in [6, 6.07) is 10.4. The highest BCUT2D eigenvalue weighted by Crippen LogP contribution is 2.50. The molecule has 0 amide bonds. The van der Waals surface area contributed by atoms with E-state index in [1.165, 1.54) is 12.1 Å². The molecule has 0 aromatic heterocycles. The lowest BCUT2D eigenvalue weighted by Crippen LogP contribution is -2.29. The van der Waals surface area contributed by atoms with E-state index < -0.39 is 17.7 Å². The van der Waals surface area contributed by atoms with E-state index in [4.69, 9.17) is 5.11 Å². The lowest BCUT2D eigenvalue weighted by Gasteiger charge is -2.38. The average molecular weight is 359 g/mol. The van der Waals surface area contributed by atoms with Gasteiger partial charge in [0.05, 0.1) is 17.2 Å². The molecule has 0 saturated heterocycles. The van der Waals surface area contributed by atoms with Crippen LogP contribution in [0.5, 0.6) is 0 Å². The SMILES string of the molecule is O=C(O)c1ccc([C@@H]2Nc3ccc(C(F)(F)F)cc3[C@@H]3C=CC[C@@H]32)cc1. The molecule has 134 valence electrons. The lowest BCUT2D eigenvalue weighted by molar-refractivity contribution is -0.137. The van der Waals surface area contributed by atoms with Gasteiger partial charge in [0.1, 0.15) is 0 Å². The van der Waals surface area contributed by atoms with E-state index in [0.29, 0.717) is 11.3 Å². The number of aromatic carboxylic acids is 1. The maximum Gasteiger partial charge on any atom is 0.416 e. The Kier molecular flexibility index (Phi) is 3.79. The molecule has 2 aromatic rings. The van der Waals surface area contributed by atoms with Crippen LogP contribution in [0.25, 0.3) is 0 Å². The molecule has 1 aliphatic heterocycles. The van der Waals surface area contributed by atoms with E-state index in [2.05, 4.69) is 5.32 Å². The van der Waals surface area contributed by atoms with Gasteiger partial charge >= 0.3 is 12.1 Å². The van der Waals surface area contributed by atoms with Crippen molar-refractivity contribution in [3.8, 4) is 0 Å². The Hall–Kier alpha value is -2.76. The lowest BCUT2D eigenvalue weighted by atomic mass is 9.76. The molecule has 0 fully saturated rings. The molecule has 2 aromatic carbocycles. The Morgan fingerprint density at radius 3 is 2.50 bits per heavy atom. The summed E-state index contributed by atoms with van der Waals surface area (Å²) in [6.07, 6.45) is 0.378. The van der Waals surface area contributed by atoms with Crippen molar-refractivity contribution in [2.45, 2.75) is 24.6 Å². The van der Waals surface area contributed by atoms with Crippen molar-refractivity contribution in [3.63, 3.8) is 0 Å². The van der Waals surface area contributed by atoms with Gasteiger partial charge in [0.15, 0.2) is 0 Å². The Labute approximate surface area is 148 Å². The smallest absolute Gasteiger partial charge is 0.416 e. The molecule has 0 bridgehead atoms. The molecule has 1 aliphatic carbocycles. The molecule has 6 heteroatoms. The fraction of sp³-hybridized carbons (Fsp3) is 0.250. The molecule has 0 saturated carbocycles. The van der Waals surface area contributed by atoms with E-state index in [1.807, 2.05) is 12.2 Å². The number of fused-ring (bicyclic) bond motifs is 3. The monoisotopic (exact) mass is 359 g/mol. The Bertz CT molecular complexity index is 887. The summed E-state index contributed by atoms with van der Waals surface area (Å²) in [5.41, 5.74) is 1.86. The predicted octanol–water partition coefficient (Wildman–Crippen LogP) is 5.23. The van der Waals surface area contributed by atoms with Gasteiger partial charge in [0.2, 0.25) is 0 Å².